The van der Waals surface area contributed by atoms with Crippen LogP contribution in [0.2, 0.25) is 0 Å². The van der Waals surface area contributed by atoms with Crippen LogP contribution in [0.5, 0.6) is 0 Å². The second-order valence-corrected chi connectivity index (χ2v) is 13.1. The van der Waals surface area contributed by atoms with Gasteiger partial charge >= 0.3 is 21.1 Å². The zero-order chi connectivity index (χ0) is 33.9. The summed E-state index contributed by atoms with van der Waals surface area (Å²) in [5.74, 6) is 0. The number of rotatable bonds is 16. The standard InChI is InChI=1S/4C7H15NS2.Mo.OS/c4*1-3-5-8(6-4-2)7(9)10;;1-2/h4*3-6H2,1-2H3,(H,9,10);;/q;;;;+4;/p-4. The van der Waals surface area contributed by atoms with Crippen LogP contribution < -0.4 is 0 Å². The minimum atomic E-state index is 0. The van der Waals surface area contributed by atoms with E-state index >= 15 is 0 Å². The molecule has 0 aliphatic rings. The maximum absolute atomic E-state index is 7.83. The van der Waals surface area contributed by atoms with Crippen LogP contribution in [0.1, 0.15) is 107 Å². The van der Waals surface area contributed by atoms with E-state index in [-0.39, 0.29) is 21.1 Å². The van der Waals surface area contributed by atoms with Crippen LogP contribution in [0.3, 0.4) is 0 Å². The van der Waals surface area contributed by atoms with Crippen LogP contribution in [-0.4, -0.2) is 93.4 Å². The fraction of sp³-hybridized carbons (Fsp3) is 0.857. The number of nitrogens with zero attached hydrogens (tertiary/aromatic N) is 4. The largest absolute Gasteiger partial charge is 4.00 e. The van der Waals surface area contributed by atoms with Crippen molar-refractivity contribution in [1.82, 2.24) is 19.6 Å². The van der Waals surface area contributed by atoms with Gasteiger partial charge in [0.1, 0.15) is 0 Å². The molecule has 0 aliphatic heterocycles. The number of thiocarbonyl (C=S) groups is 4. The van der Waals surface area contributed by atoms with Gasteiger partial charge in [0.15, 0.2) is 12.5 Å². The third-order valence-corrected chi connectivity index (χ3v) is 7.05. The number of hydrogen-bond acceptors (Lipinski definition) is 10. The van der Waals surface area contributed by atoms with Crippen LogP contribution >= 0.6 is 48.9 Å². The fourth-order valence-corrected chi connectivity index (χ4v) is 4.80. The molecule has 254 valence electrons. The van der Waals surface area contributed by atoms with Gasteiger partial charge in [-0.2, -0.15) is 4.21 Å². The maximum atomic E-state index is 7.83. The molecule has 0 aromatic rings. The first-order valence-corrected chi connectivity index (χ1v) is 18.5. The molecule has 0 bridgehead atoms. The topological polar surface area (TPSA) is 30.0 Å². The molecule has 0 radical (unpaired) electrons. The average molecular weight is 849 g/mol. The molecule has 0 spiro atoms. The summed E-state index contributed by atoms with van der Waals surface area (Å²) in [6, 6.07) is 0. The van der Waals surface area contributed by atoms with Crippen LogP contribution in [-0.2, 0) is 84.1 Å². The minimum absolute atomic E-state index is 0. The van der Waals surface area contributed by atoms with Gasteiger partial charge in [0.2, 0.25) is 0 Å². The molecule has 0 unspecified atom stereocenters. The first-order valence-electron chi connectivity index (χ1n) is 14.9. The molecule has 0 saturated carbocycles. The van der Waals surface area contributed by atoms with Crippen LogP contribution in [0, 0.1) is 0 Å². The summed E-state index contributed by atoms with van der Waals surface area (Å²) < 4.78 is 10.3. The molecule has 0 aromatic heterocycles. The summed E-state index contributed by atoms with van der Waals surface area (Å²) >= 11 is 41.9. The SMILES string of the molecule is CCCN(CCC)C(=S)[S-].CCCN(CCC)C(=S)[S-].CCCN(CCC)C(=S)[S-].CCCN(CCC)C(=S)[S-].O=S.[Mo+4]. The molecular formula is C28H56MoN4OS9. The third-order valence-electron chi connectivity index (χ3n) is 4.98. The Balaban J connectivity index is -0.000000103. The van der Waals surface area contributed by atoms with Gasteiger partial charge in [0.05, 0.1) is 0 Å². The van der Waals surface area contributed by atoms with Crippen LogP contribution in [0.15, 0.2) is 0 Å². The second kappa shape index (κ2) is 45.3. The predicted octanol–water partition coefficient (Wildman–Crippen LogP) is 7.42. The zero-order valence-electron chi connectivity index (χ0n) is 27.6. The van der Waals surface area contributed by atoms with Crippen molar-refractivity contribution >= 4 is 129 Å². The monoisotopic (exact) mass is 850 g/mol. The Labute approximate surface area is 330 Å². The van der Waals surface area contributed by atoms with E-state index in [0.717, 1.165) is 104 Å². The summed E-state index contributed by atoms with van der Waals surface area (Å²) in [5, 5.41) is 0. The average Bonchev–Trinajstić information content (AvgIpc) is 2.94. The van der Waals surface area contributed by atoms with E-state index in [4.69, 9.17) is 104 Å². The van der Waals surface area contributed by atoms with E-state index in [1.165, 1.54) is 0 Å². The van der Waals surface area contributed by atoms with Gasteiger partial charge in [-0.15, -0.1) is 0 Å². The summed E-state index contributed by atoms with van der Waals surface area (Å²) in [6.45, 7) is 25.2. The van der Waals surface area contributed by atoms with Crippen molar-refractivity contribution in [3.8, 4) is 0 Å². The minimum Gasteiger partial charge on any atom is -0.411 e. The molecule has 0 rings (SSSR count). The van der Waals surface area contributed by atoms with Gasteiger partial charge in [0.25, 0.3) is 0 Å². The molecule has 43 heavy (non-hydrogen) atoms. The fourth-order valence-electron chi connectivity index (χ4n) is 3.34. The summed E-state index contributed by atoms with van der Waals surface area (Å²) in [7, 11) is 0. The Bertz CT molecular complexity index is 525. The Morgan fingerprint density at radius 2 is 0.465 bits per heavy atom. The molecule has 0 fully saturated rings. The van der Waals surface area contributed by atoms with E-state index < -0.39 is 0 Å². The Morgan fingerprint density at radius 3 is 0.512 bits per heavy atom. The van der Waals surface area contributed by atoms with Gasteiger partial charge in [-0.3, -0.25) is 0 Å². The van der Waals surface area contributed by atoms with Crippen LogP contribution in [0.4, 0.5) is 0 Å². The molecule has 0 aromatic carbocycles. The first kappa shape index (κ1) is 56.5. The van der Waals surface area contributed by atoms with Crippen molar-refractivity contribution in [3.05, 3.63) is 0 Å². The molecule has 0 atom stereocenters. The van der Waals surface area contributed by atoms with Crippen LogP contribution in [0.25, 0.3) is 0 Å². The maximum Gasteiger partial charge on any atom is 4.00 e. The summed E-state index contributed by atoms with van der Waals surface area (Å²) in [6.07, 6.45) is 8.97. The molecule has 0 aliphatic carbocycles. The Morgan fingerprint density at radius 1 is 0.372 bits per heavy atom. The van der Waals surface area contributed by atoms with Gasteiger partial charge in [-0.05, 0) is 51.4 Å². The molecular weight excluding hydrogens is 793 g/mol. The Kier molecular flexibility index (Phi) is 59.5. The van der Waals surface area contributed by atoms with Crippen molar-refractivity contribution in [2.45, 2.75) is 107 Å². The van der Waals surface area contributed by atoms with Crippen molar-refractivity contribution in [2.75, 3.05) is 52.4 Å². The van der Waals surface area contributed by atoms with E-state index in [2.05, 4.69) is 87.5 Å². The second-order valence-electron chi connectivity index (χ2n) is 9.01. The molecule has 5 nitrogen and oxygen atoms in total. The van der Waals surface area contributed by atoms with Crippen molar-refractivity contribution in [3.63, 3.8) is 0 Å². The normalized spacial score (nSPS) is 8.84. The quantitative estimate of drug-likeness (QED) is 0.0878. The molecule has 15 heteroatoms. The summed E-state index contributed by atoms with van der Waals surface area (Å²) in [5.41, 5.74) is 0. The van der Waals surface area contributed by atoms with Crippen molar-refractivity contribution in [2.24, 2.45) is 0 Å². The van der Waals surface area contributed by atoms with E-state index in [0.29, 0.717) is 17.3 Å². The zero-order valence-corrected chi connectivity index (χ0v) is 36.9. The first-order chi connectivity index (χ1) is 19.9. The number of hydrogen-bond donors (Lipinski definition) is 0. The van der Waals surface area contributed by atoms with Gasteiger partial charge in [0, 0.05) is 52.4 Å². The third kappa shape index (κ3) is 43.1. The Hall–Kier alpha value is 1.15. The molecule has 0 saturated heterocycles. The van der Waals surface area contributed by atoms with Crippen molar-refractivity contribution < 1.29 is 25.3 Å². The molecule has 0 N–H and O–H groups in total. The van der Waals surface area contributed by atoms with Gasteiger partial charge < -0.3 is 119 Å². The van der Waals surface area contributed by atoms with E-state index in [1.807, 2.05) is 0 Å². The smallest absolute Gasteiger partial charge is 0.411 e. The van der Waals surface area contributed by atoms with Gasteiger partial charge in [-0.1, -0.05) is 72.7 Å². The van der Waals surface area contributed by atoms with E-state index in [9.17, 15) is 0 Å². The predicted molar refractivity (Wildman–Crippen MR) is 217 cm³/mol. The molecule has 0 heterocycles. The molecule has 0 amide bonds. The van der Waals surface area contributed by atoms with E-state index in [1.54, 1.807) is 0 Å². The summed E-state index contributed by atoms with van der Waals surface area (Å²) in [4.78, 5) is 8.30. The van der Waals surface area contributed by atoms with Gasteiger partial charge in [-0.25, -0.2) is 0 Å². The van der Waals surface area contributed by atoms with Crippen molar-refractivity contribution in [1.29, 1.82) is 0 Å².